The van der Waals surface area contributed by atoms with Crippen LogP contribution >= 0.6 is 0 Å². The second kappa shape index (κ2) is 7.83. The molecule has 0 fully saturated rings. The normalized spacial score (nSPS) is 12.6. The first-order valence-electron chi connectivity index (χ1n) is 8.57. The summed E-state index contributed by atoms with van der Waals surface area (Å²) in [6.45, 7) is 3.53. The van der Waals surface area contributed by atoms with E-state index in [0.717, 1.165) is 25.1 Å². The van der Waals surface area contributed by atoms with Crippen LogP contribution in [0.15, 0.2) is 48.5 Å². The number of para-hydroxylation sites is 1. The van der Waals surface area contributed by atoms with Gasteiger partial charge in [-0.15, -0.1) is 0 Å². The fourth-order valence-electron chi connectivity index (χ4n) is 2.91. The van der Waals surface area contributed by atoms with E-state index in [1.54, 1.807) is 24.3 Å². The maximum Gasteiger partial charge on any atom is 0.338 e. The topological polar surface area (TPSA) is 58.6 Å². The van der Waals surface area contributed by atoms with Gasteiger partial charge in [-0.3, -0.25) is 4.79 Å². The first kappa shape index (κ1) is 17.0. The minimum Gasteiger partial charge on any atom is -0.462 e. The second-order valence-corrected chi connectivity index (χ2v) is 6.06. The molecule has 1 aliphatic rings. The first-order valence-corrected chi connectivity index (χ1v) is 8.57. The number of nitrogens with one attached hydrogen (secondary N) is 1. The molecule has 1 amide bonds. The van der Waals surface area contributed by atoms with Gasteiger partial charge in [0.1, 0.15) is 0 Å². The number of carbonyl (C=O) groups is 2. The molecule has 0 bridgehead atoms. The van der Waals surface area contributed by atoms with E-state index >= 15 is 0 Å². The molecule has 25 heavy (non-hydrogen) atoms. The van der Waals surface area contributed by atoms with Crippen molar-refractivity contribution in [2.24, 2.45) is 0 Å². The summed E-state index contributed by atoms with van der Waals surface area (Å²) in [6.07, 6.45) is 1.76. The minimum atomic E-state index is -0.339. The van der Waals surface area contributed by atoms with Gasteiger partial charge >= 0.3 is 5.97 Å². The highest BCUT2D eigenvalue weighted by molar-refractivity contribution is 5.95. The van der Waals surface area contributed by atoms with Crippen molar-refractivity contribution in [2.75, 3.05) is 29.9 Å². The standard InChI is InChI=1S/C20H22N2O3/c1-2-13-25-20(24)16-7-9-17(10-8-16)21-19(23)14-22-12-11-15-5-3-4-6-18(15)22/h3-10H,2,11-14H2,1H3,(H,21,23). The predicted molar refractivity (Wildman–Crippen MR) is 98.0 cm³/mol. The average molecular weight is 338 g/mol. The summed E-state index contributed by atoms with van der Waals surface area (Å²) < 4.78 is 5.09. The van der Waals surface area contributed by atoms with Crippen molar-refractivity contribution >= 4 is 23.3 Å². The quantitative estimate of drug-likeness (QED) is 0.822. The molecule has 1 aliphatic heterocycles. The molecular formula is C20H22N2O3. The molecule has 0 unspecified atom stereocenters. The van der Waals surface area contributed by atoms with Crippen molar-refractivity contribution < 1.29 is 14.3 Å². The van der Waals surface area contributed by atoms with Crippen LogP contribution in [0.5, 0.6) is 0 Å². The molecule has 0 saturated carbocycles. The molecule has 0 saturated heterocycles. The summed E-state index contributed by atoms with van der Waals surface area (Å²) in [6, 6.07) is 14.9. The number of hydrogen-bond donors (Lipinski definition) is 1. The fourth-order valence-corrected chi connectivity index (χ4v) is 2.91. The highest BCUT2D eigenvalue weighted by atomic mass is 16.5. The molecule has 130 valence electrons. The molecule has 0 radical (unpaired) electrons. The summed E-state index contributed by atoms with van der Waals surface area (Å²) >= 11 is 0. The lowest BCUT2D eigenvalue weighted by Crippen LogP contribution is -2.31. The molecular weight excluding hydrogens is 316 g/mol. The van der Waals surface area contributed by atoms with Crippen LogP contribution in [-0.4, -0.2) is 31.6 Å². The average Bonchev–Trinajstić information content (AvgIpc) is 3.03. The number of anilines is 2. The zero-order chi connectivity index (χ0) is 17.6. The zero-order valence-electron chi connectivity index (χ0n) is 14.3. The first-order chi connectivity index (χ1) is 12.2. The van der Waals surface area contributed by atoms with Gasteiger partial charge in [0.15, 0.2) is 0 Å². The van der Waals surface area contributed by atoms with Crippen LogP contribution in [0.3, 0.4) is 0 Å². The molecule has 0 atom stereocenters. The number of fused-ring (bicyclic) bond motifs is 1. The maximum absolute atomic E-state index is 12.3. The van der Waals surface area contributed by atoms with E-state index in [-0.39, 0.29) is 11.9 Å². The summed E-state index contributed by atoms with van der Waals surface area (Å²) in [5.41, 5.74) is 3.57. The second-order valence-electron chi connectivity index (χ2n) is 6.06. The Morgan fingerprint density at radius 3 is 2.64 bits per heavy atom. The molecule has 1 heterocycles. The number of ether oxygens (including phenoxy) is 1. The Bertz CT molecular complexity index is 756. The smallest absolute Gasteiger partial charge is 0.338 e. The lowest BCUT2D eigenvalue weighted by atomic mass is 10.2. The van der Waals surface area contributed by atoms with E-state index in [1.165, 1.54) is 5.56 Å². The zero-order valence-corrected chi connectivity index (χ0v) is 14.3. The van der Waals surface area contributed by atoms with Crippen LogP contribution in [0.25, 0.3) is 0 Å². The van der Waals surface area contributed by atoms with Gasteiger partial charge in [-0.05, 0) is 48.7 Å². The van der Waals surface area contributed by atoms with Gasteiger partial charge in [-0.25, -0.2) is 4.79 Å². The number of esters is 1. The van der Waals surface area contributed by atoms with Crippen LogP contribution in [0, 0.1) is 0 Å². The van der Waals surface area contributed by atoms with Crippen molar-refractivity contribution in [3.8, 4) is 0 Å². The Balaban J connectivity index is 1.56. The largest absolute Gasteiger partial charge is 0.462 e. The Kier molecular flexibility index (Phi) is 5.33. The van der Waals surface area contributed by atoms with Crippen molar-refractivity contribution in [3.05, 3.63) is 59.7 Å². The minimum absolute atomic E-state index is 0.0713. The van der Waals surface area contributed by atoms with Gasteiger partial charge in [-0.2, -0.15) is 0 Å². The molecule has 0 aromatic heterocycles. The van der Waals surface area contributed by atoms with Gasteiger partial charge in [0.05, 0.1) is 18.7 Å². The Hall–Kier alpha value is -2.82. The number of amides is 1. The van der Waals surface area contributed by atoms with Crippen LogP contribution in [0.2, 0.25) is 0 Å². The fraction of sp³-hybridized carbons (Fsp3) is 0.300. The van der Waals surface area contributed by atoms with Crippen molar-refractivity contribution in [1.82, 2.24) is 0 Å². The predicted octanol–water partition coefficient (Wildman–Crippen LogP) is 3.25. The molecule has 1 N–H and O–H groups in total. The van der Waals surface area contributed by atoms with Gasteiger partial charge in [0.2, 0.25) is 5.91 Å². The maximum atomic E-state index is 12.3. The lowest BCUT2D eigenvalue weighted by molar-refractivity contribution is -0.115. The van der Waals surface area contributed by atoms with Gasteiger partial charge in [-0.1, -0.05) is 25.1 Å². The van der Waals surface area contributed by atoms with E-state index < -0.39 is 0 Å². The third kappa shape index (κ3) is 4.18. The highest BCUT2D eigenvalue weighted by Crippen LogP contribution is 2.27. The Labute approximate surface area is 147 Å². The van der Waals surface area contributed by atoms with Crippen molar-refractivity contribution in [3.63, 3.8) is 0 Å². The summed E-state index contributed by atoms with van der Waals surface area (Å²) in [5, 5.41) is 2.88. The van der Waals surface area contributed by atoms with Gasteiger partial charge in [0.25, 0.3) is 0 Å². The van der Waals surface area contributed by atoms with E-state index in [0.29, 0.717) is 24.4 Å². The lowest BCUT2D eigenvalue weighted by Gasteiger charge is -2.18. The van der Waals surface area contributed by atoms with Crippen LogP contribution in [-0.2, 0) is 16.0 Å². The molecule has 2 aromatic carbocycles. The number of benzene rings is 2. The highest BCUT2D eigenvalue weighted by Gasteiger charge is 2.20. The molecule has 5 nitrogen and oxygen atoms in total. The molecule has 0 aliphatic carbocycles. The molecule has 0 spiro atoms. The third-order valence-electron chi connectivity index (χ3n) is 4.16. The van der Waals surface area contributed by atoms with Crippen molar-refractivity contribution in [1.29, 1.82) is 0 Å². The summed E-state index contributed by atoms with van der Waals surface area (Å²) in [4.78, 5) is 26.1. The summed E-state index contributed by atoms with van der Waals surface area (Å²) in [7, 11) is 0. The Morgan fingerprint density at radius 1 is 1.12 bits per heavy atom. The number of hydrogen-bond acceptors (Lipinski definition) is 4. The van der Waals surface area contributed by atoms with Crippen molar-refractivity contribution in [2.45, 2.75) is 19.8 Å². The Morgan fingerprint density at radius 2 is 1.88 bits per heavy atom. The van der Waals surface area contributed by atoms with Gasteiger partial charge < -0.3 is 15.0 Å². The number of carbonyl (C=O) groups excluding carboxylic acids is 2. The van der Waals surface area contributed by atoms with Crippen LogP contribution in [0.1, 0.15) is 29.3 Å². The SMILES string of the molecule is CCCOC(=O)c1ccc(NC(=O)CN2CCc3ccccc32)cc1. The molecule has 5 heteroatoms. The van der Waals surface area contributed by atoms with E-state index in [9.17, 15) is 9.59 Å². The third-order valence-corrected chi connectivity index (χ3v) is 4.16. The molecule has 2 aromatic rings. The summed E-state index contributed by atoms with van der Waals surface area (Å²) in [5.74, 6) is -0.411. The molecule has 3 rings (SSSR count). The number of nitrogens with zero attached hydrogens (tertiary/aromatic N) is 1. The van der Waals surface area contributed by atoms with E-state index in [1.807, 2.05) is 25.1 Å². The number of rotatable bonds is 6. The van der Waals surface area contributed by atoms with Crippen LogP contribution < -0.4 is 10.2 Å². The van der Waals surface area contributed by atoms with E-state index in [4.69, 9.17) is 4.74 Å². The van der Waals surface area contributed by atoms with Crippen LogP contribution in [0.4, 0.5) is 11.4 Å². The van der Waals surface area contributed by atoms with Gasteiger partial charge in [0, 0.05) is 17.9 Å². The monoisotopic (exact) mass is 338 g/mol. The van der Waals surface area contributed by atoms with E-state index in [2.05, 4.69) is 16.3 Å².